The Balaban J connectivity index is 1.87. The average Bonchev–Trinajstić information content (AvgIpc) is 3.14. The van der Waals surface area contributed by atoms with Crippen molar-refractivity contribution in [3.8, 4) is 0 Å². The largest absolute Gasteiger partial charge is 0.326 e. The van der Waals surface area contributed by atoms with E-state index in [4.69, 9.17) is 5.73 Å². The Morgan fingerprint density at radius 3 is 2.59 bits per heavy atom. The van der Waals surface area contributed by atoms with E-state index in [0.29, 0.717) is 6.04 Å². The van der Waals surface area contributed by atoms with Gasteiger partial charge in [0.15, 0.2) is 0 Å². The number of nitrogens with zero attached hydrogens (tertiary/aromatic N) is 1. The summed E-state index contributed by atoms with van der Waals surface area (Å²) in [6.45, 7) is 5.47. The van der Waals surface area contributed by atoms with E-state index in [1.807, 2.05) is 0 Å². The molecule has 2 N–H and O–H groups in total. The first kappa shape index (κ1) is 12.6. The minimum atomic E-state index is 0.380. The molecule has 1 atom stereocenters. The Labute approximate surface area is 105 Å². The van der Waals surface area contributed by atoms with E-state index in [0.717, 1.165) is 25.6 Å². The molecule has 2 heteroatoms. The summed E-state index contributed by atoms with van der Waals surface area (Å²) in [7, 11) is 0. The van der Waals surface area contributed by atoms with Crippen LogP contribution in [0.3, 0.4) is 0 Å². The van der Waals surface area contributed by atoms with Crippen LogP contribution in [0.2, 0.25) is 0 Å². The normalized spacial score (nSPS) is 17.4. The van der Waals surface area contributed by atoms with E-state index in [9.17, 15) is 0 Å². The van der Waals surface area contributed by atoms with Crippen LogP contribution in [-0.2, 0) is 6.54 Å². The molecule has 0 aliphatic heterocycles. The van der Waals surface area contributed by atoms with Crippen molar-refractivity contribution in [2.45, 2.75) is 38.8 Å². The molecule has 0 bridgehead atoms. The summed E-state index contributed by atoms with van der Waals surface area (Å²) in [5.41, 5.74) is 7.61. The molecule has 0 amide bonds. The van der Waals surface area contributed by atoms with E-state index in [1.54, 1.807) is 0 Å². The molecule has 1 saturated carbocycles. The fourth-order valence-corrected chi connectivity index (χ4v) is 2.36. The Hall–Kier alpha value is -0.860. The molecule has 1 unspecified atom stereocenters. The average molecular weight is 232 g/mol. The summed E-state index contributed by atoms with van der Waals surface area (Å²) in [5.74, 6) is 0.796. The summed E-state index contributed by atoms with van der Waals surface area (Å²) in [6, 6.07) is 11.1. The van der Waals surface area contributed by atoms with Gasteiger partial charge in [-0.05, 0) is 37.3 Å². The molecule has 94 valence electrons. The van der Waals surface area contributed by atoms with E-state index in [1.165, 1.54) is 24.8 Å². The second-order valence-corrected chi connectivity index (χ2v) is 5.22. The minimum Gasteiger partial charge on any atom is -0.326 e. The number of benzene rings is 1. The fraction of sp³-hybridized carbons (Fsp3) is 0.600. The van der Waals surface area contributed by atoms with Gasteiger partial charge in [0, 0.05) is 19.1 Å². The molecule has 1 aromatic rings. The second kappa shape index (κ2) is 6.18. The molecular formula is C15H24N2. The van der Waals surface area contributed by atoms with Crippen LogP contribution in [-0.4, -0.2) is 24.0 Å². The van der Waals surface area contributed by atoms with Gasteiger partial charge in [0.2, 0.25) is 0 Å². The number of hydrogen-bond acceptors (Lipinski definition) is 2. The molecule has 0 radical (unpaired) electrons. The van der Waals surface area contributed by atoms with Crippen LogP contribution in [0.5, 0.6) is 0 Å². The van der Waals surface area contributed by atoms with Crippen molar-refractivity contribution in [2.75, 3.05) is 13.1 Å². The molecular weight excluding hydrogens is 208 g/mol. The van der Waals surface area contributed by atoms with Crippen LogP contribution in [0.4, 0.5) is 0 Å². The molecule has 2 nitrogen and oxygen atoms in total. The third-order valence-electron chi connectivity index (χ3n) is 3.49. The summed E-state index contributed by atoms with van der Waals surface area (Å²) < 4.78 is 0. The quantitative estimate of drug-likeness (QED) is 0.783. The lowest BCUT2D eigenvalue weighted by atomic mass is 10.1. The lowest BCUT2D eigenvalue weighted by Gasteiger charge is -2.25. The molecule has 2 rings (SSSR count). The Morgan fingerprint density at radius 1 is 1.29 bits per heavy atom. The van der Waals surface area contributed by atoms with Gasteiger partial charge in [-0.25, -0.2) is 0 Å². The van der Waals surface area contributed by atoms with Crippen molar-refractivity contribution in [1.82, 2.24) is 4.90 Å². The summed E-state index contributed by atoms with van der Waals surface area (Å²) >= 11 is 0. The highest BCUT2D eigenvalue weighted by molar-refractivity contribution is 5.14. The smallest absolute Gasteiger partial charge is 0.0234 e. The van der Waals surface area contributed by atoms with Gasteiger partial charge in [0.05, 0.1) is 0 Å². The first-order valence-corrected chi connectivity index (χ1v) is 6.81. The van der Waals surface area contributed by atoms with Gasteiger partial charge in [-0.2, -0.15) is 0 Å². The maximum absolute atomic E-state index is 6.22. The predicted octanol–water partition coefficient (Wildman–Crippen LogP) is 2.64. The topological polar surface area (TPSA) is 29.3 Å². The van der Waals surface area contributed by atoms with Crippen LogP contribution in [0.1, 0.15) is 31.7 Å². The number of rotatable bonds is 7. The number of hydrogen-bond donors (Lipinski definition) is 1. The van der Waals surface area contributed by atoms with E-state index < -0.39 is 0 Å². The zero-order valence-electron chi connectivity index (χ0n) is 10.8. The highest BCUT2D eigenvalue weighted by Gasteiger charge is 2.29. The lowest BCUT2D eigenvalue weighted by molar-refractivity contribution is 0.241. The Bertz CT molecular complexity index is 319. The molecule has 0 saturated heterocycles. The van der Waals surface area contributed by atoms with E-state index >= 15 is 0 Å². The summed E-state index contributed by atoms with van der Waals surface area (Å²) in [6.07, 6.45) is 3.88. The highest BCUT2D eigenvalue weighted by atomic mass is 15.1. The zero-order chi connectivity index (χ0) is 12.1. The van der Waals surface area contributed by atoms with Crippen molar-refractivity contribution < 1.29 is 0 Å². The maximum Gasteiger partial charge on any atom is 0.0234 e. The molecule has 0 heterocycles. The van der Waals surface area contributed by atoms with Gasteiger partial charge in [0.1, 0.15) is 0 Å². The minimum absolute atomic E-state index is 0.380. The predicted molar refractivity (Wildman–Crippen MR) is 72.7 cm³/mol. The zero-order valence-corrected chi connectivity index (χ0v) is 10.8. The lowest BCUT2D eigenvalue weighted by Crippen LogP contribution is -2.39. The molecule has 1 aliphatic rings. The monoisotopic (exact) mass is 232 g/mol. The molecule has 1 fully saturated rings. The first-order valence-electron chi connectivity index (χ1n) is 6.81. The van der Waals surface area contributed by atoms with Crippen LogP contribution < -0.4 is 5.73 Å². The molecule has 1 aliphatic carbocycles. The van der Waals surface area contributed by atoms with Crippen molar-refractivity contribution in [2.24, 2.45) is 11.7 Å². The van der Waals surface area contributed by atoms with Crippen molar-refractivity contribution >= 4 is 0 Å². The highest BCUT2D eigenvalue weighted by Crippen LogP contribution is 2.31. The van der Waals surface area contributed by atoms with Gasteiger partial charge < -0.3 is 5.73 Å². The van der Waals surface area contributed by atoms with Crippen molar-refractivity contribution in [3.05, 3.63) is 35.9 Å². The van der Waals surface area contributed by atoms with Gasteiger partial charge in [-0.3, -0.25) is 4.90 Å². The SMILES string of the molecule is CCCN(Cc1ccccc1)CC(N)C1CC1. The van der Waals surface area contributed by atoms with Crippen LogP contribution in [0, 0.1) is 5.92 Å². The second-order valence-electron chi connectivity index (χ2n) is 5.22. The van der Waals surface area contributed by atoms with E-state index in [-0.39, 0.29) is 0 Å². The Morgan fingerprint density at radius 2 is 2.00 bits per heavy atom. The van der Waals surface area contributed by atoms with Crippen molar-refractivity contribution in [1.29, 1.82) is 0 Å². The third-order valence-corrected chi connectivity index (χ3v) is 3.49. The van der Waals surface area contributed by atoms with Crippen LogP contribution in [0.25, 0.3) is 0 Å². The van der Waals surface area contributed by atoms with E-state index in [2.05, 4.69) is 42.2 Å². The number of nitrogens with two attached hydrogens (primary N) is 1. The maximum atomic E-state index is 6.22. The first-order chi connectivity index (χ1) is 8.29. The molecule has 1 aromatic carbocycles. The Kier molecular flexibility index (Phi) is 4.57. The van der Waals surface area contributed by atoms with Gasteiger partial charge in [0.25, 0.3) is 0 Å². The van der Waals surface area contributed by atoms with Gasteiger partial charge in [-0.15, -0.1) is 0 Å². The molecule has 0 aromatic heterocycles. The third kappa shape index (κ3) is 4.14. The molecule has 0 spiro atoms. The summed E-state index contributed by atoms with van der Waals surface area (Å²) in [5, 5.41) is 0. The summed E-state index contributed by atoms with van der Waals surface area (Å²) in [4.78, 5) is 2.50. The molecule has 17 heavy (non-hydrogen) atoms. The fourth-order valence-electron chi connectivity index (χ4n) is 2.36. The van der Waals surface area contributed by atoms with Gasteiger partial charge >= 0.3 is 0 Å². The standard InChI is InChI=1S/C15H24N2/c1-2-10-17(12-15(16)14-8-9-14)11-13-6-4-3-5-7-13/h3-7,14-15H,2,8-12,16H2,1H3. The van der Waals surface area contributed by atoms with Gasteiger partial charge in [-0.1, -0.05) is 37.3 Å². The van der Waals surface area contributed by atoms with Crippen LogP contribution >= 0.6 is 0 Å². The van der Waals surface area contributed by atoms with Crippen molar-refractivity contribution in [3.63, 3.8) is 0 Å². The van der Waals surface area contributed by atoms with Crippen LogP contribution in [0.15, 0.2) is 30.3 Å².